The first-order chi connectivity index (χ1) is 13.0. The highest BCUT2D eigenvalue weighted by molar-refractivity contribution is 5.98. The number of methoxy groups -OCH3 is 1. The van der Waals surface area contributed by atoms with Crippen molar-refractivity contribution in [2.24, 2.45) is 0 Å². The lowest BCUT2D eigenvalue weighted by Crippen LogP contribution is -2.02. The zero-order chi connectivity index (χ0) is 19.4. The van der Waals surface area contributed by atoms with Crippen LogP contribution in [0.5, 0.6) is 0 Å². The minimum absolute atomic E-state index is 0.0739. The molecule has 2 aromatic carbocycles. The van der Waals surface area contributed by atoms with Crippen molar-refractivity contribution < 1.29 is 9.53 Å². The van der Waals surface area contributed by atoms with Crippen molar-refractivity contribution in [3.05, 3.63) is 77.0 Å². The Morgan fingerprint density at radius 3 is 2.52 bits per heavy atom. The number of ether oxygens (including phenoxy) is 1. The van der Waals surface area contributed by atoms with Gasteiger partial charge in [-0.15, -0.1) is 0 Å². The molecule has 0 aliphatic heterocycles. The van der Waals surface area contributed by atoms with Crippen LogP contribution in [0, 0.1) is 25.2 Å². The molecule has 0 atom stereocenters. The summed E-state index contributed by atoms with van der Waals surface area (Å²) in [5.74, 6) is -0.670. The van der Waals surface area contributed by atoms with E-state index < -0.39 is 5.97 Å². The van der Waals surface area contributed by atoms with Gasteiger partial charge in [0.2, 0.25) is 0 Å². The maximum atomic E-state index is 11.8. The second-order valence-electron chi connectivity index (χ2n) is 6.17. The number of hydrogen-bond acceptors (Lipinski definition) is 4. The van der Waals surface area contributed by atoms with Crippen LogP contribution in [0.4, 0.5) is 0 Å². The smallest absolute Gasteiger partial charge is 0.348 e. The van der Waals surface area contributed by atoms with Crippen LogP contribution in [0.3, 0.4) is 0 Å². The van der Waals surface area contributed by atoms with E-state index in [-0.39, 0.29) is 5.57 Å². The van der Waals surface area contributed by atoms with Crippen LogP contribution in [0.1, 0.15) is 16.7 Å². The molecule has 5 nitrogen and oxygen atoms in total. The number of para-hydroxylation sites is 1. The molecule has 0 bridgehead atoms. The summed E-state index contributed by atoms with van der Waals surface area (Å²) in [5, 5.41) is 14.0. The molecule has 5 heteroatoms. The molecule has 0 N–H and O–H groups in total. The number of aryl methyl sites for hydroxylation is 2. The molecule has 3 rings (SSSR count). The Hall–Kier alpha value is -3.65. The van der Waals surface area contributed by atoms with Crippen LogP contribution < -0.4 is 0 Å². The van der Waals surface area contributed by atoms with Crippen molar-refractivity contribution >= 4 is 12.0 Å². The molecule has 1 aromatic heterocycles. The zero-order valence-electron chi connectivity index (χ0n) is 15.4. The fourth-order valence-electron chi connectivity index (χ4n) is 2.72. The van der Waals surface area contributed by atoms with Gasteiger partial charge in [-0.3, -0.25) is 0 Å². The molecule has 0 amide bonds. The van der Waals surface area contributed by atoms with Crippen molar-refractivity contribution in [1.29, 1.82) is 5.26 Å². The van der Waals surface area contributed by atoms with Gasteiger partial charge in [0.05, 0.1) is 12.8 Å². The molecule has 3 aromatic rings. The first-order valence-electron chi connectivity index (χ1n) is 8.46. The van der Waals surface area contributed by atoms with Crippen molar-refractivity contribution in [2.75, 3.05) is 7.11 Å². The molecule has 1 heterocycles. The largest absolute Gasteiger partial charge is 0.465 e. The van der Waals surface area contributed by atoms with Gasteiger partial charge >= 0.3 is 5.97 Å². The number of nitriles is 1. The Morgan fingerprint density at radius 2 is 1.89 bits per heavy atom. The number of carbonyl (C=O) groups excluding carboxylic acids is 1. The number of rotatable bonds is 4. The summed E-state index contributed by atoms with van der Waals surface area (Å²) in [6, 6.07) is 17.6. The normalized spacial score (nSPS) is 11.1. The molecular weight excluding hydrogens is 338 g/mol. The summed E-state index contributed by atoms with van der Waals surface area (Å²) in [6.07, 6.45) is 3.32. The summed E-state index contributed by atoms with van der Waals surface area (Å²) in [6.45, 7) is 4.09. The van der Waals surface area contributed by atoms with Crippen LogP contribution in [0.25, 0.3) is 23.0 Å². The van der Waals surface area contributed by atoms with E-state index in [1.165, 1.54) is 18.7 Å². The summed E-state index contributed by atoms with van der Waals surface area (Å²) >= 11 is 0. The summed E-state index contributed by atoms with van der Waals surface area (Å²) < 4.78 is 6.43. The Kier molecular flexibility index (Phi) is 5.18. The Bertz CT molecular complexity index is 1060. The second kappa shape index (κ2) is 7.71. The lowest BCUT2D eigenvalue weighted by Gasteiger charge is -2.04. The maximum Gasteiger partial charge on any atom is 0.348 e. The van der Waals surface area contributed by atoms with Gasteiger partial charge in [0, 0.05) is 17.3 Å². The van der Waals surface area contributed by atoms with Crippen LogP contribution in [0.2, 0.25) is 0 Å². The predicted molar refractivity (Wildman–Crippen MR) is 104 cm³/mol. The van der Waals surface area contributed by atoms with Crippen molar-refractivity contribution in [3.8, 4) is 23.0 Å². The molecule has 0 fully saturated rings. The van der Waals surface area contributed by atoms with E-state index in [0.29, 0.717) is 11.3 Å². The van der Waals surface area contributed by atoms with Crippen LogP contribution in [-0.2, 0) is 9.53 Å². The fraction of sp³-hybridized carbons (Fsp3) is 0.136. The van der Waals surface area contributed by atoms with Crippen LogP contribution in [-0.4, -0.2) is 22.9 Å². The lowest BCUT2D eigenvalue weighted by atomic mass is 10.0. The van der Waals surface area contributed by atoms with Gasteiger partial charge in [0.15, 0.2) is 0 Å². The molecule has 0 saturated carbocycles. The number of hydrogen-bond donors (Lipinski definition) is 0. The molecular formula is C22H19N3O2. The third-order valence-corrected chi connectivity index (χ3v) is 4.37. The maximum absolute atomic E-state index is 11.8. The van der Waals surface area contributed by atoms with Gasteiger partial charge in [-0.05, 0) is 49.2 Å². The van der Waals surface area contributed by atoms with Crippen molar-refractivity contribution in [3.63, 3.8) is 0 Å². The van der Waals surface area contributed by atoms with Gasteiger partial charge in [-0.1, -0.05) is 30.3 Å². The fourth-order valence-corrected chi connectivity index (χ4v) is 2.72. The number of carbonyl (C=O) groups is 1. The Morgan fingerprint density at radius 1 is 1.15 bits per heavy atom. The molecule has 134 valence electrons. The first kappa shape index (κ1) is 18.2. The quantitative estimate of drug-likeness (QED) is 0.398. The number of esters is 1. The van der Waals surface area contributed by atoms with Gasteiger partial charge < -0.3 is 4.74 Å². The predicted octanol–water partition coefficient (Wildman–Crippen LogP) is 4.24. The van der Waals surface area contributed by atoms with Gasteiger partial charge in [0.25, 0.3) is 0 Å². The highest BCUT2D eigenvalue weighted by Gasteiger charge is 2.15. The number of benzene rings is 2. The third-order valence-electron chi connectivity index (χ3n) is 4.37. The van der Waals surface area contributed by atoms with E-state index in [1.807, 2.05) is 62.4 Å². The summed E-state index contributed by atoms with van der Waals surface area (Å²) in [5.41, 5.74) is 5.42. The summed E-state index contributed by atoms with van der Waals surface area (Å²) in [4.78, 5) is 11.8. The molecule has 0 saturated heterocycles. The van der Waals surface area contributed by atoms with Crippen LogP contribution in [0.15, 0.2) is 60.3 Å². The zero-order valence-corrected chi connectivity index (χ0v) is 15.4. The molecule has 0 radical (unpaired) electrons. The topological polar surface area (TPSA) is 67.9 Å². The van der Waals surface area contributed by atoms with Gasteiger partial charge in [-0.25, -0.2) is 9.48 Å². The minimum atomic E-state index is -0.670. The van der Waals surface area contributed by atoms with Gasteiger partial charge in [-0.2, -0.15) is 10.4 Å². The molecule has 27 heavy (non-hydrogen) atoms. The highest BCUT2D eigenvalue weighted by Crippen LogP contribution is 2.27. The monoisotopic (exact) mass is 357 g/mol. The number of aromatic nitrogens is 2. The van der Waals surface area contributed by atoms with E-state index in [9.17, 15) is 10.1 Å². The van der Waals surface area contributed by atoms with E-state index in [2.05, 4.69) is 6.07 Å². The SMILES string of the molecule is COC(=O)/C(C#N)=C/c1cn(-c2ccccc2)nc1-c1ccc(C)c(C)c1. The third kappa shape index (κ3) is 3.80. The average Bonchev–Trinajstić information content (AvgIpc) is 3.12. The highest BCUT2D eigenvalue weighted by atomic mass is 16.5. The Labute approximate surface area is 158 Å². The van der Waals surface area contributed by atoms with E-state index in [0.717, 1.165) is 16.8 Å². The van der Waals surface area contributed by atoms with Crippen molar-refractivity contribution in [1.82, 2.24) is 9.78 Å². The first-order valence-corrected chi connectivity index (χ1v) is 8.46. The average molecular weight is 357 g/mol. The Balaban J connectivity index is 2.19. The number of nitrogens with zero attached hydrogens (tertiary/aromatic N) is 3. The van der Waals surface area contributed by atoms with Crippen molar-refractivity contribution in [2.45, 2.75) is 13.8 Å². The van der Waals surface area contributed by atoms with Crippen LogP contribution >= 0.6 is 0 Å². The molecule has 0 spiro atoms. The standard InChI is InChI=1S/C22H19N3O2/c1-15-9-10-17(11-16(15)2)21-19(12-18(13-23)22(26)27-3)14-25(24-21)20-7-5-4-6-8-20/h4-12,14H,1-3H3/b18-12+. The molecule has 0 unspecified atom stereocenters. The van der Waals surface area contributed by atoms with E-state index in [4.69, 9.17) is 9.84 Å². The van der Waals surface area contributed by atoms with E-state index in [1.54, 1.807) is 10.9 Å². The van der Waals surface area contributed by atoms with E-state index >= 15 is 0 Å². The van der Waals surface area contributed by atoms with Gasteiger partial charge in [0.1, 0.15) is 17.3 Å². The summed E-state index contributed by atoms with van der Waals surface area (Å²) in [7, 11) is 1.26. The second-order valence-corrected chi connectivity index (χ2v) is 6.17. The lowest BCUT2D eigenvalue weighted by molar-refractivity contribution is -0.135. The molecule has 0 aliphatic rings. The molecule has 0 aliphatic carbocycles. The minimum Gasteiger partial charge on any atom is -0.465 e.